The fraction of sp³-hybridized carbons (Fsp3) is 0.667. The summed E-state index contributed by atoms with van der Waals surface area (Å²) in [5, 5.41) is 3.37. The highest BCUT2D eigenvalue weighted by Gasteiger charge is 2.25. The van der Waals surface area contributed by atoms with Crippen LogP contribution < -0.4 is 10.2 Å². The van der Waals surface area contributed by atoms with E-state index >= 15 is 0 Å². The summed E-state index contributed by atoms with van der Waals surface area (Å²) in [5.41, 5.74) is 0.745. The van der Waals surface area contributed by atoms with E-state index in [1.54, 1.807) is 12.3 Å². The van der Waals surface area contributed by atoms with Gasteiger partial charge in [-0.25, -0.2) is 9.37 Å². The molecule has 0 radical (unpaired) electrons. The summed E-state index contributed by atoms with van der Waals surface area (Å²) in [6.45, 7) is 3.70. The Bertz CT molecular complexity index is 445. The van der Waals surface area contributed by atoms with Gasteiger partial charge in [0, 0.05) is 36.9 Å². The third-order valence-electron chi connectivity index (χ3n) is 4.18. The smallest absolute Gasteiger partial charge is 0.170 e. The van der Waals surface area contributed by atoms with Crippen LogP contribution in [0.4, 0.5) is 10.2 Å². The molecule has 1 saturated carbocycles. The third-order valence-corrected chi connectivity index (χ3v) is 4.18. The van der Waals surface area contributed by atoms with E-state index in [4.69, 9.17) is 0 Å². The van der Waals surface area contributed by atoms with Gasteiger partial charge in [0.2, 0.25) is 0 Å². The standard InChI is InChI=1S/C15H22FN3/c1-11-4-2-3-9-19(11)15-14(16)12(7-8-17-15)10-18-13-5-6-13/h7-8,11,13,18H,2-6,9-10H2,1H3. The maximum Gasteiger partial charge on any atom is 0.170 e. The van der Waals surface area contributed by atoms with E-state index in [0.717, 1.165) is 24.9 Å². The van der Waals surface area contributed by atoms with Gasteiger partial charge in [-0.05, 0) is 45.1 Å². The largest absolute Gasteiger partial charge is 0.351 e. The number of hydrogen-bond donors (Lipinski definition) is 1. The van der Waals surface area contributed by atoms with E-state index in [2.05, 4.69) is 22.1 Å². The molecule has 0 aromatic carbocycles. The molecule has 4 heteroatoms. The van der Waals surface area contributed by atoms with Crippen molar-refractivity contribution in [3.8, 4) is 0 Å². The second-order valence-electron chi connectivity index (χ2n) is 5.80. The van der Waals surface area contributed by atoms with Crippen molar-refractivity contribution in [2.75, 3.05) is 11.4 Å². The highest BCUT2D eigenvalue weighted by Crippen LogP contribution is 2.27. The zero-order valence-electron chi connectivity index (χ0n) is 11.5. The molecule has 1 saturated heterocycles. The van der Waals surface area contributed by atoms with Gasteiger partial charge in [-0.2, -0.15) is 0 Å². The van der Waals surface area contributed by atoms with Crippen LogP contribution in [0.15, 0.2) is 12.3 Å². The molecule has 1 aliphatic heterocycles. The van der Waals surface area contributed by atoms with Crippen LogP contribution in [0, 0.1) is 5.82 Å². The van der Waals surface area contributed by atoms with E-state index < -0.39 is 0 Å². The second kappa shape index (κ2) is 5.45. The highest BCUT2D eigenvalue weighted by molar-refractivity contribution is 5.44. The number of anilines is 1. The molecule has 1 aliphatic carbocycles. The van der Waals surface area contributed by atoms with Crippen molar-refractivity contribution >= 4 is 5.82 Å². The summed E-state index contributed by atoms with van der Waals surface area (Å²) in [5.74, 6) is 0.409. The predicted molar refractivity (Wildman–Crippen MR) is 74.7 cm³/mol. The maximum atomic E-state index is 14.6. The van der Waals surface area contributed by atoms with E-state index in [-0.39, 0.29) is 5.82 Å². The predicted octanol–water partition coefficient (Wildman–Crippen LogP) is 2.85. The third kappa shape index (κ3) is 2.89. The first-order valence-corrected chi connectivity index (χ1v) is 7.39. The minimum Gasteiger partial charge on any atom is -0.351 e. The first kappa shape index (κ1) is 12.9. The number of aromatic nitrogens is 1. The van der Waals surface area contributed by atoms with Crippen molar-refractivity contribution < 1.29 is 4.39 Å². The molecular formula is C15H22FN3. The van der Waals surface area contributed by atoms with Crippen LogP contribution in [0.25, 0.3) is 0 Å². The number of nitrogens with one attached hydrogen (secondary N) is 1. The molecule has 1 N–H and O–H groups in total. The number of rotatable bonds is 4. The number of nitrogens with zero attached hydrogens (tertiary/aromatic N) is 2. The maximum absolute atomic E-state index is 14.6. The van der Waals surface area contributed by atoms with Crippen LogP contribution in [-0.2, 0) is 6.54 Å². The summed E-state index contributed by atoms with van der Waals surface area (Å²) >= 11 is 0. The van der Waals surface area contributed by atoms with Crippen LogP contribution in [-0.4, -0.2) is 23.6 Å². The van der Waals surface area contributed by atoms with Gasteiger partial charge < -0.3 is 10.2 Å². The molecule has 3 rings (SSSR count). The van der Waals surface area contributed by atoms with Crippen LogP contribution in [0.5, 0.6) is 0 Å². The molecule has 1 aromatic rings. The van der Waals surface area contributed by atoms with Gasteiger partial charge in [0.15, 0.2) is 11.6 Å². The average Bonchev–Trinajstić information content (AvgIpc) is 3.23. The molecular weight excluding hydrogens is 241 g/mol. The van der Waals surface area contributed by atoms with Gasteiger partial charge in [0.05, 0.1) is 0 Å². The van der Waals surface area contributed by atoms with Gasteiger partial charge in [-0.1, -0.05) is 0 Å². The monoisotopic (exact) mass is 263 g/mol. The first-order chi connectivity index (χ1) is 9.25. The van der Waals surface area contributed by atoms with Gasteiger partial charge in [-0.3, -0.25) is 0 Å². The summed E-state index contributed by atoms with van der Waals surface area (Å²) in [6.07, 6.45) is 7.69. The molecule has 2 heterocycles. The van der Waals surface area contributed by atoms with Gasteiger partial charge >= 0.3 is 0 Å². The Balaban J connectivity index is 1.77. The number of halogens is 1. The zero-order chi connectivity index (χ0) is 13.2. The Labute approximate surface area is 114 Å². The van der Waals surface area contributed by atoms with Crippen LogP contribution in [0.2, 0.25) is 0 Å². The molecule has 19 heavy (non-hydrogen) atoms. The molecule has 1 unspecified atom stereocenters. The first-order valence-electron chi connectivity index (χ1n) is 7.39. The lowest BCUT2D eigenvalue weighted by Crippen LogP contribution is -2.38. The highest BCUT2D eigenvalue weighted by atomic mass is 19.1. The Kier molecular flexibility index (Phi) is 3.69. The molecule has 2 aliphatic rings. The minimum atomic E-state index is -0.135. The van der Waals surface area contributed by atoms with Crippen molar-refractivity contribution in [3.63, 3.8) is 0 Å². The second-order valence-corrected chi connectivity index (χ2v) is 5.80. The van der Waals surface area contributed by atoms with Crippen molar-refractivity contribution in [3.05, 3.63) is 23.6 Å². The molecule has 1 aromatic heterocycles. The molecule has 2 fully saturated rings. The van der Waals surface area contributed by atoms with Crippen molar-refractivity contribution in [1.29, 1.82) is 0 Å². The molecule has 0 spiro atoms. The Morgan fingerprint density at radius 1 is 1.37 bits per heavy atom. The molecule has 104 valence electrons. The summed E-state index contributed by atoms with van der Waals surface area (Å²) in [6, 6.07) is 2.79. The minimum absolute atomic E-state index is 0.135. The SMILES string of the molecule is CC1CCCCN1c1nccc(CNC2CC2)c1F. The normalized spacial score (nSPS) is 23.7. The summed E-state index contributed by atoms with van der Waals surface area (Å²) in [4.78, 5) is 6.40. The number of hydrogen-bond acceptors (Lipinski definition) is 3. The quantitative estimate of drug-likeness (QED) is 0.905. The van der Waals surface area contributed by atoms with Crippen molar-refractivity contribution in [1.82, 2.24) is 10.3 Å². The van der Waals surface area contributed by atoms with Crippen molar-refractivity contribution in [2.45, 2.75) is 57.7 Å². The lowest BCUT2D eigenvalue weighted by atomic mass is 10.0. The Morgan fingerprint density at radius 3 is 2.95 bits per heavy atom. The Morgan fingerprint density at radius 2 is 2.21 bits per heavy atom. The van der Waals surface area contributed by atoms with E-state index in [0.29, 0.717) is 24.4 Å². The van der Waals surface area contributed by atoms with E-state index in [9.17, 15) is 4.39 Å². The molecule has 1 atom stereocenters. The number of piperidine rings is 1. The summed E-state index contributed by atoms with van der Waals surface area (Å²) < 4.78 is 14.6. The fourth-order valence-corrected chi connectivity index (χ4v) is 2.76. The van der Waals surface area contributed by atoms with Crippen molar-refractivity contribution in [2.24, 2.45) is 0 Å². The molecule has 3 nitrogen and oxygen atoms in total. The lowest BCUT2D eigenvalue weighted by molar-refractivity contribution is 0.468. The van der Waals surface area contributed by atoms with Gasteiger partial charge in [0.1, 0.15) is 0 Å². The van der Waals surface area contributed by atoms with Crippen LogP contribution in [0.1, 0.15) is 44.6 Å². The van der Waals surface area contributed by atoms with Crippen LogP contribution >= 0.6 is 0 Å². The lowest BCUT2D eigenvalue weighted by Gasteiger charge is -2.34. The van der Waals surface area contributed by atoms with Gasteiger partial charge in [0.25, 0.3) is 0 Å². The number of pyridine rings is 1. The molecule has 0 amide bonds. The van der Waals surface area contributed by atoms with E-state index in [1.165, 1.54) is 19.3 Å². The average molecular weight is 263 g/mol. The molecule has 0 bridgehead atoms. The van der Waals surface area contributed by atoms with Crippen LogP contribution in [0.3, 0.4) is 0 Å². The fourth-order valence-electron chi connectivity index (χ4n) is 2.76. The zero-order valence-corrected chi connectivity index (χ0v) is 11.5. The Hall–Kier alpha value is -1.16. The van der Waals surface area contributed by atoms with Gasteiger partial charge in [-0.15, -0.1) is 0 Å². The summed E-state index contributed by atoms with van der Waals surface area (Å²) in [7, 11) is 0. The topological polar surface area (TPSA) is 28.2 Å². The van der Waals surface area contributed by atoms with E-state index in [1.807, 2.05) is 0 Å².